The molecule has 0 saturated heterocycles. The van der Waals surface area contributed by atoms with Gasteiger partial charge in [-0.3, -0.25) is 4.79 Å². The molecule has 3 N–H and O–H groups in total. The molecule has 3 rings (SSSR count). The second kappa shape index (κ2) is 5.99. The summed E-state index contributed by atoms with van der Waals surface area (Å²) >= 11 is 5.97. The van der Waals surface area contributed by atoms with Crippen molar-refractivity contribution in [2.75, 3.05) is 5.32 Å². The smallest absolute Gasteiger partial charge is 0.244 e. The van der Waals surface area contributed by atoms with Crippen LogP contribution in [0.15, 0.2) is 54.9 Å². The van der Waals surface area contributed by atoms with Crippen LogP contribution >= 0.6 is 11.6 Å². The summed E-state index contributed by atoms with van der Waals surface area (Å²) in [5, 5.41) is 4.45. The minimum atomic E-state index is -0.671. The van der Waals surface area contributed by atoms with E-state index in [9.17, 15) is 4.79 Å². The van der Waals surface area contributed by atoms with Crippen LogP contribution < -0.4 is 11.1 Å². The lowest BCUT2D eigenvalue weighted by Crippen LogP contribution is -2.28. The van der Waals surface area contributed by atoms with Crippen LogP contribution in [0.4, 0.5) is 5.82 Å². The molecule has 2 aromatic carbocycles. The van der Waals surface area contributed by atoms with Crippen LogP contribution in [0.2, 0.25) is 5.02 Å². The Morgan fingerprint density at radius 2 is 1.91 bits per heavy atom. The summed E-state index contributed by atoms with van der Waals surface area (Å²) in [4.78, 5) is 20.2. The first kappa shape index (κ1) is 14.3. The number of anilines is 1. The number of nitrogens with one attached hydrogen (secondary N) is 1. The predicted molar refractivity (Wildman–Crippen MR) is 86.5 cm³/mol. The monoisotopic (exact) mass is 312 g/mol. The zero-order valence-electron chi connectivity index (χ0n) is 11.5. The number of nitrogens with zero attached hydrogens (tertiary/aromatic N) is 2. The number of primary amides is 1. The number of nitrogens with two attached hydrogens (primary N) is 1. The minimum Gasteiger partial charge on any atom is -0.368 e. The highest BCUT2D eigenvalue weighted by atomic mass is 35.5. The van der Waals surface area contributed by atoms with Crippen LogP contribution in [0.1, 0.15) is 11.6 Å². The van der Waals surface area contributed by atoms with Crippen molar-refractivity contribution >= 4 is 34.2 Å². The second-order valence-corrected chi connectivity index (χ2v) is 5.21. The van der Waals surface area contributed by atoms with E-state index in [-0.39, 0.29) is 0 Å². The first-order valence-electron chi connectivity index (χ1n) is 6.66. The Morgan fingerprint density at radius 1 is 1.14 bits per heavy atom. The number of rotatable bonds is 4. The molecule has 3 aromatic rings. The topological polar surface area (TPSA) is 80.9 Å². The summed E-state index contributed by atoms with van der Waals surface area (Å²) in [6.07, 6.45) is 1.42. The van der Waals surface area contributed by atoms with E-state index in [2.05, 4.69) is 15.3 Å². The molecule has 0 saturated carbocycles. The largest absolute Gasteiger partial charge is 0.368 e. The van der Waals surface area contributed by atoms with Crippen LogP contribution in [0.25, 0.3) is 10.9 Å². The van der Waals surface area contributed by atoms with Crippen molar-refractivity contribution in [1.29, 1.82) is 0 Å². The molecule has 5 nitrogen and oxygen atoms in total. The summed E-state index contributed by atoms with van der Waals surface area (Å²) in [5.41, 5.74) is 6.99. The molecular weight excluding hydrogens is 300 g/mol. The minimum absolute atomic E-state index is 0.480. The highest BCUT2D eigenvalue weighted by Gasteiger charge is 2.19. The predicted octanol–water partition coefficient (Wildman–Crippen LogP) is 2.92. The van der Waals surface area contributed by atoms with Crippen molar-refractivity contribution in [2.45, 2.75) is 6.04 Å². The molecule has 22 heavy (non-hydrogen) atoms. The average Bonchev–Trinajstić information content (AvgIpc) is 2.52. The van der Waals surface area contributed by atoms with Gasteiger partial charge in [0.2, 0.25) is 5.91 Å². The van der Waals surface area contributed by atoms with Crippen LogP contribution in [0.5, 0.6) is 0 Å². The first-order valence-corrected chi connectivity index (χ1v) is 7.04. The standard InChI is InChI=1S/C16H13ClN4O/c17-11-6-7-12-13(8-11)19-9-20-16(12)21-14(15(18)22)10-4-2-1-3-5-10/h1-9,14H,(H2,18,22)(H,19,20,21). The molecule has 0 aliphatic heterocycles. The van der Waals surface area contributed by atoms with Crippen molar-refractivity contribution in [2.24, 2.45) is 5.73 Å². The molecule has 0 spiro atoms. The molecule has 1 atom stereocenters. The maximum Gasteiger partial charge on any atom is 0.244 e. The summed E-state index contributed by atoms with van der Waals surface area (Å²) in [6, 6.07) is 13.9. The quantitative estimate of drug-likeness (QED) is 0.776. The number of fused-ring (bicyclic) bond motifs is 1. The third-order valence-electron chi connectivity index (χ3n) is 3.30. The highest BCUT2D eigenvalue weighted by molar-refractivity contribution is 6.31. The second-order valence-electron chi connectivity index (χ2n) is 4.77. The number of carbonyl (C=O) groups excluding carboxylic acids is 1. The van der Waals surface area contributed by atoms with Gasteiger partial charge in [-0.1, -0.05) is 41.9 Å². The Morgan fingerprint density at radius 3 is 2.64 bits per heavy atom. The van der Waals surface area contributed by atoms with E-state index in [1.54, 1.807) is 12.1 Å². The molecule has 110 valence electrons. The summed E-state index contributed by atoms with van der Waals surface area (Å²) < 4.78 is 0. The van der Waals surface area contributed by atoms with E-state index in [4.69, 9.17) is 17.3 Å². The Kier molecular flexibility index (Phi) is 3.89. The average molecular weight is 313 g/mol. The lowest BCUT2D eigenvalue weighted by molar-refractivity contribution is -0.118. The zero-order chi connectivity index (χ0) is 15.5. The highest BCUT2D eigenvalue weighted by Crippen LogP contribution is 2.26. The normalized spacial score (nSPS) is 12.0. The SMILES string of the molecule is NC(=O)C(Nc1ncnc2cc(Cl)ccc12)c1ccccc1. The molecule has 0 aliphatic rings. The molecule has 0 fully saturated rings. The third kappa shape index (κ3) is 2.84. The van der Waals surface area contributed by atoms with E-state index < -0.39 is 11.9 Å². The fourth-order valence-corrected chi connectivity index (χ4v) is 2.41. The Hall–Kier alpha value is -2.66. The van der Waals surface area contributed by atoms with E-state index in [0.29, 0.717) is 16.4 Å². The van der Waals surface area contributed by atoms with Gasteiger partial charge in [0.15, 0.2) is 0 Å². The van der Waals surface area contributed by atoms with Gasteiger partial charge in [0, 0.05) is 10.4 Å². The number of benzene rings is 2. The molecule has 1 heterocycles. The van der Waals surface area contributed by atoms with Crippen LogP contribution in [0, 0.1) is 0 Å². The lowest BCUT2D eigenvalue weighted by Gasteiger charge is -2.17. The van der Waals surface area contributed by atoms with Crippen molar-refractivity contribution in [1.82, 2.24) is 9.97 Å². The number of hydrogen-bond donors (Lipinski definition) is 2. The number of amides is 1. The maximum atomic E-state index is 11.8. The molecule has 6 heteroatoms. The van der Waals surface area contributed by atoms with E-state index in [1.165, 1.54) is 6.33 Å². The Labute approximate surface area is 132 Å². The molecule has 1 aromatic heterocycles. The van der Waals surface area contributed by atoms with Crippen LogP contribution in [-0.4, -0.2) is 15.9 Å². The number of hydrogen-bond acceptors (Lipinski definition) is 4. The van der Waals surface area contributed by atoms with Gasteiger partial charge >= 0.3 is 0 Å². The van der Waals surface area contributed by atoms with Gasteiger partial charge in [0.25, 0.3) is 0 Å². The Bertz CT molecular complexity index is 823. The molecule has 0 radical (unpaired) electrons. The lowest BCUT2D eigenvalue weighted by atomic mass is 10.1. The number of carbonyl (C=O) groups is 1. The molecule has 0 aliphatic carbocycles. The molecule has 0 bridgehead atoms. The maximum absolute atomic E-state index is 11.8. The van der Waals surface area contributed by atoms with E-state index >= 15 is 0 Å². The summed E-state index contributed by atoms with van der Waals surface area (Å²) in [6.45, 7) is 0. The van der Waals surface area contributed by atoms with E-state index in [0.717, 1.165) is 10.9 Å². The number of halogens is 1. The van der Waals surface area contributed by atoms with Crippen molar-refractivity contribution in [3.63, 3.8) is 0 Å². The molecule has 1 unspecified atom stereocenters. The van der Waals surface area contributed by atoms with Crippen LogP contribution in [-0.2, 0) is 4.79 Å². The van der Waals surface area contributed by atoms with Gasteiger partial charge < -0.3 is 11.1 Å². The van der Waals surface area contributed by atoms with Gasteiger partial charge in [-0.05, 0) is 23.8 Å². The van der Waals surface area contributed by atoms with Gasteiger partial charge in [-0.25, -0.2) is 9.97 Å². The molecule has 1 amide bonds. The van der Waals surface area contributed by atoms with Gasteiger partial charge in [-0.15, -0.1) is 0 Å². The fourth-order valence-electron chi connectivity index (χ4n) is 2.25. The van der Waals surface area contributed by atoms with E-state index in [1.807, 2.05) is 36.4 Å². The third-order valence-corrected chi connectivity index (χ3v) is 3.53. The van der Waals surface area contributed by atoms with Gasteiger partial charge in [0.1, 0.15) is 18.2 Å². The first-order chi connectivity index (χ1) is 10.6. The zero-order valence-corrected chi connectivity index (χ0v) is 12.3. The fraction of sp³-hybridized carbons (Fsp3) is 0.0625. The van der Waals surface area contributed by atoms with Crippen molar-refractivity contribution < 1.29 is 4.79 Å². The Balaban J connectivity index is 2.02. The van der Waals surface area contributed by atoms with Crippen molar-refractivity contribution in [3.8, 4) is 0 Å². The molecular formula is C16H13ClN4O. The number of aromatic nitrogens is 2. The summed E-state index contributed by atoms with van der Waals surface area (Å²) in [5.74, 6) is 0.0567. The van der Waals surface area contributed by atoms with Crippen LogP contribution in [0.3, 0.4) is 0 Å². The summed E-state index contributed by atoms with van der Waals surface area (Å²) in [7, 11) is 0. The van der Waals surface area contributed by atoms with Crippen molar-refractivity contribution in [3.05, 3.63) is 65.4 Å². The van der Waals surface area contributed by atoms with Gasteiger partial charge in [0.05, 0.1) is 5.52 Å². The van der Waals surface area contributed by atoms with Gasteiger partial charge in [-0.2, -0.15) is 0 Å².